The van der Waals surface area contributed by atoms with Gasteiger partial charge in [-0.15, -0.1) is 0 Å². The topological polar surface area (TPSA) is 84.5 Å². The molecule has 0 radical (unpaired) electrons. The fourth-order valence-corrected chi connectivity index (χ4v) is 3.86. The lowest BCUT2D eigenvalue weighted by Gasteiger charge is -2.21. The van der Waals surface area contributed by atoms with Crippen LogP contribution in [-0.4, -0.2) is 27.7 Å². The van der Waals surface area contributed by atoms with Crippen molar-refractivity contribution in [2.45, 2.75) is 46.6 Å². The van der Waals surface area contributed by atoms with Crippen molar-refractivity contribution in [1.29, 1.82) is 0 Å². The molecule has 0 saturated carbocycles. The SMILES string of the molecule is COc1cc(C)c([C@@H](C)NC(=O)c2ccc(C)c(NS(C)(=O)=O)c2)cc1C(C)C. The first-order valence-corrected chi connectivity index (χ1v) is 11.4. The number of methoxy groups -OCH3 is 1. The van der Waals surface area contributed by atoms with Gasteiger partial charge in [-0.25, -0.2) is 8.42 Å². The summed E-state index contributed by atoms with van der Waals surface area (Å²) in [6.07, 6.45) is 1.08. The van der Waals surface area contributed by atoms with Crippen LogP contribution in [0.3, 0.4) is 0 Å². The lowest BCUT2D eigenvalue weighted by atomic mass is 9.93. The maximum atomic E-state index is 12.8. The van der Waals surface area contributed by atoms with E-state index in [9.17, 15) is 13.2 Å². The van der Waals surface area contributed by atoms with Crippen molar-refractivity contribution in [2.75, 3.05) is 18.1 Å². The van der Waals surface area contributed by atoms with Gasteiger partial charge in [-0.1, -0.05) is 19.9 Å². The molecule has 0 aliphatic carbocycles. The van der Waals surface area contributed by atoms with Crippen LogP contribution in [0, 0.1) is 13.8 Å². The van der Waals surface area contributed by atoms with Crippen LogP contribution in [0.4, 0.5) is 5.69 Å². The molecule has 1 amide bonds. The molecule has 2 aromatic rings. The van der Waals surface area contributed by atoms with Crippen LogP contribution in [-0.2, 0) is 10.0 Å². The second kappa shape index (κ2) is 8.86. The van der Waals surface area contributed by atoms with E-state index in [2.05, 4.69) is 30.0 Å². The molecule has 6 nitrogen and oxygen atoms in total. The normalized spacial score (nSPS) is 12.6. The number of carbonyl (C=O) groups excluding carboxylic acids is 1. The van der Waals surface area contributed by atoms with Gasteiger partial charge < -0.3 is 10.1 Å². The predicted molar refractivity (Wildman–Crippen MR) is 117 cm³/mol. The Morgan fingerprint density at radius 1 is 1.00 bits per heavy atom. The standard InChI is InChI=1S/C22H30N2O4S/c1-13(2)18-12-19(15(4)10-21(18)28-6)16(5)23-22(25)17-9-8-14(3)20(11-17)24-29(7,26)27/h8-13,16,24H,1-7H3,(H,23,25)/t16-/m1/s1. The highest BCUT2D eigenvalue weighted by Crippen LogP contribution is 2.32. The Hall–Kier alpha value is -2.54. The molecule has 0 aliphatic rings. The Kier molecular flexibility index (Phi) is 6.95. The molecule has 0 fully saturated rings. The van der Waals surface area contributed by atoms with Gasteiger partial charge in [0.2, 0.25) is 10.0 Å². The van der Waals surface area contributed by atoms with E-state index in [1.165, 1.54) is 0 Å². The summed E-state index contributed by atoms with van der Waals surface area (Å²) in [5.74, 6) is 0.860. The molecule has 2 N–H and O–H groups in total. The predicted octanol–water partition coefficient (Wildman–Crippen LogP) is 4.30. The lowest BCUT2D eigenvalue weighted by Crippen LogP contribution is -2.27. The number of rotatable bonds is 7. The molecule has 29 heavy (non-hydrogen) atoms. The summed E-state index contributed by atoms with van der Waals surface area (Å²) in [5, 5.41) is 3.01. The molecule has 7 heteroatoms. The summed E-state index contributed by atoms with van der Waals surface area (Å²) < 4.78 is 31.0. The highest BCUT2D eigenvalue weighted by molar-refractivity contribution is 7.92. The van der Waals surface area contributed by atoms with E-state index in [0.717, 1.165) is 34.3 Å². The third-order valence-electron chi connectivity index (χ3n) is 4.85. The summed E-state index contributed by atoms with van der Waals surface area (Å²) in [5.41, 5.74) is 4.67. The molecule has 0 heterocycles. The number of benzene rings is 2. The van der Waals surface area contributed by atoms with E-state index in [-0.39, 0.29) is 17.9 Å². The number of hydrogen-bond acceptors (Lipinski definition) is 4. The molecule has 1 atom stereocenters. The average molecular weight is 419 g/mol. The van der Waals surface area contributed by atoms with Crippen LogP contribution in [0.2, 0.25) is 0 Å². The van der Waals surface area contributed by atoms with Gasteiger partial charge in [0.1, 0.15) is 5.75 Å². The fraction of sp³-hybridized carbons (Fsp3) is 0.409. The van der Waals surface area contributed by atoms with E-state index in [1.54, 1.807) is 32.2 Å². The van der Waals surface area contributed by atoms with Gasteiger partial charge in [0.15, 0.2) is 0 Å². The zero-order chi connectivity index (χ0) is 21.9. The van der Waals surface area contributed by atoms with Crippen LogP contribution in [0.5, 0.6) is 5.75 Å². The lowest BCUT2D eigenvalue weighted by molar-refractivity contribution is 0.0940. The van der Waals surface area contributed by atoms with Crippen LogP contribution in [0.25, 0.3) is 0 Å². The highest BCUT2D eigenvalue weighted by Gasteiger charge is 2.18. The van der Waals surface area contributed by atoms with Gasteiger partial charge in [0.25, 0.3) is 5.91 Å². The number of nitrogens with one attached hydrogen (secondary N) is 2. The zero-order valence-electron chi connectivity index (χ0n) is 18.1. The monoisotopic (exact) mass is 418 g/mol. The largest absolute Gasteiger partial charge is 0.496 e. The van der Waals surface area contributed by atoms with Crippen molar-refractivity contribution in [1.82, 2.24) is 5.32 Å². The number of hydrogen-bond donors (Lipinski definition) is 2. The third-order valence-corrected chi connectivity index (χ3v) is 5.44. The summed E-state index contributed by atoms with van der Waals surface area (Å²) in [4.78, 5) is 12.8. The van der Waals surface area contributed by atoms with Crippen molar-refractivity contribution < 1.29 is 17.9 Å². The summed E-state index contributed by atoms with van der Waals surface area (Å²) in [6.45, 7) is 9.91. The van der Waals surface area contributed by atoms with Gasteiger partial charge in [0.05, 0.1) is 25.1 Å². The number of amides is 1. The van der Waals surface area contributed by atoms with Crippen molar-refractivity contribution in [2.24, 2.45) is 0 Å². The highest BCUT2D eigenvalue weighted by atomic mass is 32.2. The first-order chi connectivity index (χ1) is 13.4. The maximum absolute atomic E-state index is 12.8. The van der Waals surface area contributed by atoms with Crippen molar-refractivity contribution >= 4 is 21.6 Å². The van der Waals surface area contributed by atoms with Crippen molar-refractivity contribution in [3.8, 4) is 5.75 Å². The molecule has 0 bridgehead atoms. The average Bonchev–Trinajstić information content (AvgIpc) is 2.61. The molecule has 0 saturated heterocycles. The van der Waals surface area contributed by atoms with Crippen LogP contribution < -0.4 is 14.8 Å². The molecular formula is C22H30N2O4S. The minimum Gasteiger partial charge on any atom is -0.496 e. The maximum Gasteiger partial charge on any atom is 0.251 e. The third kappa shape index (κ3) is 5.73. The Labute approximate surface area is 173 Å². The Balaban J connectivity index is 2.30. The van der Waals surface area contributed by atoms with E-state index in [0.29, 0.717) is 11.3 Å². The summed E-state index contributed by atoms with van der Waals surface area (Å²) in [7, 11) is -1.77. The zero-order valence-corrected chi connectivity index (χ0v) is 18.9. The number of carbonyl (C=O) groups is 1. The minimum absolute atomic E-state index is 0.224. The number of ether oxygens (including phenoxy) is 1. The second-order valence-electron chi connectivity index (χ2n) is 7.70. The van der Waals surface area contributed by atoms with Crippen LogP contribution >= 0.6 is 0 Å². The van der Waals surface area contributed by atoms with E-state index in [4.69, 9.17) is 4.74 Å². The summed E-state index contributed by atoms with van der Waals surface area (Å²) in [6, 6.07) is 8.81. The van der Waals surface area contributed by atoms with Crippen LogP contribution in [0.15, 0.2) is 30.3 Å². The Morgan fingerprint density at radius 2 is 1.66 bits per heavy atom. The molecule has 2 aromatic carbocycles. The molecule has 2 rings (SSSR count). The second-order valence-corrected chi connectivity index (χ2v) is 9.45. The van der Waals surface area contributed by atoms with Crippen molar-refractivity contribution in [3.63, 3.8) is 0 Å². The van der Waals surface area contributed by atoms with Gasteiger partial charge in [0, 0.05) is 5.56 Å². The summed E-state index contributed by atoms with van der Waals surface area (Å²) >= 11 is 0. The number of sulfonamides is 1. The van der Waals surface area contributed by atoms with Gasteiger partial charge in [-0.05, 0) is 73.2 Å². The Morgan fingerprint density at radius 3 is 2.21 bits per heavy atom. The smallest absolute Gasteiger partial charge is 0.251 e. The van der Waals surface area contributed by atoms with Gasteiger partial charge in [-0.2, -0.15) is 0 Å². The van der Waals surface area contributed by atoms with E-state index >= 15 is 0 Å². The molecule has 0 aromatic heterocycles. The molecule has 0 aliphatic heterocycles. The fourth-order valence-electron chi connectivity index (χ4n) is 3.24. The Bertz CT molecular complexity index is 1010. The van der Waals surface area contributed by atoms with E-state index < -0.39 is 10.0 Å². The van der Waals surface area contributed by atoms with Crippen molar-refractivity contribution in [3.05, 3.63) is 58.1 Å². The number of aryl methyl sites for hydroxylation is 2. The number of anilines is 1. The van der Waals surface area contributed by atoms with E-state index in [1.807, 2.05) is 19.9 Å². The molecule has 0 unspecified atom stereocenters. The molecule has 158 valence electrons. The first kappa shape index (κ1) is 22.7. The minimum atomic E-state index is -3.43. The first-order valence-electron chi connectivity index (χ1n) is 9.50. The van der Waals surface area contributed by atoms with Gasteiger partial charge >= 0.3 is 0 Å². The molecular weight excluding hydrogens is 388 g/mol. The van der Waals surface area contributed by atoms with Gasteiger partial charge in [-0.3, -0.25) is 9.52 Å². The molecule has 0 spiro atoms. The van der Waals surface area contributed by atoms with Crippen LogP contribution in [0.1, 0.15) is 65.3 Å². The quantitative estimate of drug-likeness (QED) is 0.702.